The van der Waals surface area contributed by atoms with Crippen LogP contribution in [0.15, 0.2) is 30.3 Å². The first-order valence-electron chi connectivity index (χ1n) is 6.34. The number of phenols is 2. The zero-order chi connectivity index (χ0) is 13.8. The van der Waals surface area contributed by atoms with Crippen molar-refractivity contribution in [1.82, 2.24) is 5.32 Å². The number of hydrogen-bond acceptors (Lipinski definition) is 4. The van der Waals surface area contributed by atoms with E-state index < -0.39 is 0 Å². The lowest BCUT2D eigenvalue weighted by Gasteiger charge is -2.13. The van der Waals surface area contributed by atoms with Gasteiger partial charge in [0, 0.05) is 34.0 Å². The third-order valence-corrected chi connectivity index (χ3v) is 4.04. The Morgan fingerprint density at radius 3 is 2.63 bits per heavy atom. The maximum atomic E-state index is 9.70. The van der Waals surface area contributed by atoms with E-state index in [1.807, 2.05) is 11.3 Å². The van der Waals surface area contributed by atoms with Crippen LogP contribution in [0.3, 0.4) is 0 Å². The van der Waals surface area contributed by atoms with Crippen LogP contribution < -0.4 is 5.32 Å². The van der Waals surface area contributed by atoms with E-state index in [1.54, 1.807) is 12.1 Å². The Balaban J connectivity index is 1.87. The summed E-state index contributed by atoms with van der Waals surface area (Å²) >= 11 is 1.82. The first-order chi connectivity index (χ1) is 9.04. The molecule has 1 heterocycles. The van der Waals surface area contributed by atoms with Crippen LogP contribution >= 0.6 is 11.3 Å². The number of nitrogens with one attached hydrogen (secondary N) is 1. The molecule has 3 N–H and O–H groups in total. The topological polar surface area (TPSA) is 52.5 Å². The summed E-state index contributed by atoms with van der Waals surface area (Å²) in [4.78, 5) is 2.70. The number of thiophene rings is 1. The highest BCUT2D eigenvalue weighted by atomic mass is 32.1. The second-order valence-electron chi connectivity index (χ2n) is 4.81. The molecule has 2 rings (SSSR count). The SMILES string of the molecule is Cc1ccc(CC(C)NCc2ccc(O)cc2O)s1. The van der Waals surface area contributed by atoms with Crippen molar-refractivity contribution in [1.29, 1.82) is 0 Å². The van der Waals surface area contributed by atoms with Crippen LogP contribution in [-0.4, -0.2) is 16.3 Å². The fourth-order valence-electron chi connectivity index (χ4n) is 1.95. The lowest BCUT2D eigenvalue weighted by Crippen LogP contribution is -2.27. The summed E-state index contributed by atoms with van der Waals surface area (Å²) in [5, 5.41) is 22.3. The number of aryl methyl sites for hydroxylation is 1. The number of rotatable bonds is 5. The molecule has 0 saturated carbocycles. The minimum absolute atomic E-state index is 0.0864. The first-order valence-corrected chi connectivity index (χ1v) is 7.16. The predicted octanol–water partition coefficient (Wildman–Crippen LogP) is 3.19. The van der Waals surface area contributed by atoms with Gasteiger partial charge in [-0.2, -0.15) is 0 Å². The average Bonchev–Trinajstić information content (AvgIpc) is 2.73. The Morgan fingerprint density at radius 2 is 2.00 bits per heavy atom. The molecule has 0 bridgehead atoms. The van der Waals surface area contributed by atoms with Crippen molar-refractivity contribution in [3.63, 3.8) is 0 Å². The van der Waals surface area contributed by atoms with Crippen molar-refractivity contribution >= 4 is 11.3 Å². The van der Waals surface area contributed by atoms with Crippen LogP contribution in [0.4, 0.5) is 0 Å². The summed E-state index contributed by atoms with van der Waals surface area (Å²) in [6.45, 7) is 4.84. The van der Waals surface area contributed by atoms with Gasteiger partial charge >= 0.3 is 0 Å². The summed E-state index contributed by atoms with van der Waals surface area (Å²) in [6, 6.07) is 9.33. The van der Waals surface area contributed by atoms with E-state index >= 15 is 0 Å². The Kier molecular flexibility index (Phi) is 4.45. The smallest absolute Gasteiger partial charge is 0.123 e. The fourth-order valence-corrected chi connectivity index (χ4v) is 2.97. The minimum atomic E-state index is 0.0864. The van der Waals surface area contributed by atoms with Gasteiger partial charge in [0.2, 0.25) is 0 Å². The minimum Gasteiger partial charge on any atom is -0.508 e. The second kappa shape index (κ2) is 6.08. The van der Waals surface area contributed by atoms with Gasteiger partial charge in [0.25, 0.3) is 0 Å². The third-order valence-electron chi connectivity index (χ3n) is 3.01. The van der Waals surface area contributed by atoms with Crippen molar-refractivity contribution in [3.8, 4) is 11.5 Å². The van der Waals surface area contributed by atoms with E-state index in [0.717, 1.165) is 12.0 Å². The number of phenolic OH excluding ortho intramolecular Hbond substituents is 2. The van der Waals surface area contributed by atoms with Crippen LogP contribution in [0.5, 0.6) is 11.5 Å². The normalized spacial score (nSPS) is 12.5. The van der Waals surface area contributed by atoms with Gasteiger partial charge in [-0.3, -0.25) is 0 Å². The summed E-state index contributed by atoms with van der Waals surface area (Å²) in [6.07, 6.45) is 0.983. The van der Waals surface area contributed by atoms with Crippen LogP contribution in [0.2, 0.25) is 0 Å². The summed E-state index contributed by atoms with van der Waals surface area (Å²) < 4.78 is 0. The molecule has 1 aromatic carbocycles. The average molecular weight is 277 g/mol. The molecule has 0 aliphatic rings. The van der Waals surface area contributed by atoms with Gasteiger partial charge < -0.3 is 15.5 Å². The summed E-state index contributed by atoms with van der Waals surface area (Å²) in [5.41, 5.74) is 0.798. The van der Waals surface area contributed by atoms with Crippen LogP contribution in [-0.2, 0) is 13.0 Å². The molecule has 102 valence electrons. The van der Waals surface area contributed by atoms with Gasteiger partial charge in [0.15, 0.2) is 0 Å². The molecule has 3 nitrogen and oxygen atoms in total. The lowest BCUT2D eigenvalue weighted by atomic mass is 10.1. The number of hydrogen-bond donors (Lipinski definition) is 3. The van der Waals surface area contributed by atoms with Crippen molar-refractivity contribution in [2.45, 2.75) is 32.9 Å². The highest BCUT2D eigenvalue weighted by Crippen LogP contribution is 2.22. The predicted molar refractivity (Wildman–Crippen MR) is 78.8 cm³/mol. The van der Waals surface area contributed by atoms with Crippen LogP contribution in [0.25, 0.3) is 0 Å². The highest BCUT2D eigenvalue weighted by molar-refractivity contribution is 7.11. The Morgan fingerprint density at radius 1 is 1.21 bits per heavy atom. The Hall–Kier alpha value is -1.52. The molecule has 0 aliphatic heterocycles. The van der Waals surface area contributed by atoms with Crippen molar-refractivity contribution in [2.75, 3.05) is 0 Å². The lowest BCUT2D eigenvalue weighted by molar-refractivity contribution is 0.440. The van der Waals surface area contributed by atoms with E-state index in [2.05, 4.69) is 31.3 Å². The Labute approximate surface area is 117 Å². The maximum Gasteiger partial charge on any atom is 0.123 e. The molecular formula is C15H19NO2S. The van der Waals surface area contributed by atoms with E-state index in [-0.39, 0.29) is 11.5 Å². The van der Waals surface area contributed by atoms with E-state index in [0.29, 0.717) is 12.6 Å². The molecule has 0 radical (unpaired) electrons. The summed E-state index contributed by atoms with van der Waals surface area (Å²) in [7, 11) is 0. The quantitative estimate of drug-likeness (QED) is 0.786. The van der Waals surface area contributed by atoms with E-state index in [4.69, 9.17) is 0 Å². The molecule has 4 heteroatoms. The molecule has 0 aliphatic carbocycles. The van der Waals surface area contributed by atoms with Crippen molar-refractivity contribution in [3.05, 3.63) is 45.6 Å². The van der Waals surface area contributed by atoms with Gasteiger partial charge in [0.1, 0.15) is 11.5 Å². The maximum absolute atomic E-state index is 9.70. The van der Waals surface area contributed by atoms with Gasteiger partial charge in [-0.25, -0.2) is 0 Å². The van der Waals surface area contributed by atoms with Crippen LogP contribution in [0.1, 0.15) is 22.2 Å². The second-order valence-corrected chi connectivity index (χ2v) is 6.18. The third kappa shape index (κ3) is 3.98. The van der Waals surface area contributed by atoms with Crippen molar-refractivity contribution in [2.24, 2.45) is 0 Å². The monoisotopic (exact) mass is 277 g/mol. The fraction of sp³-hybridized carbons (Fsp3) is 0.333. The molecule has 0 amide bonds. The molecule has 0 spiro atoms. The van der Waals surface area contributed by atoms with Gasteiger partial charge in [-0.05, 0) is 38.5 Å². The van der Waals surface area contributed by atoms with Crippen LogP contribution in [0, 0.1) is 6.92 Å². The molecule has 1 atom stereocenters. The number of benzene rings is 1. The first kappa shape index (κ1) is 13.9. The standard InChI is InChI=1S/C15H19NO2S/c1-10(7-14-6-3-11(2)19-14)16-9-12-4-5-13(17)8-15(12)18/h3-6,8,10,16-18H,7,9H2,1-2H3. The molecule has 1 unspecified atom stereocenters. The van der Waals surface area contributed by atoms with Gasteiger partial charge in [-0.1, -0.05) is 6.07 Å². The largest absolute Gasteiger partial charge is 0.508 e. The summed E-state index contributed by atoms with van der Waals surface area (Å²) in [5.74, 6) is 0.218. The van der Waals surface area contributed by atoms with Gasteiger partial charge in [-0.15, -0.1) is 11.3 Å². The molecule has 19 heavy (non-hydrogen) atoms. The molecular weight excluding hydrogens is 258 g/mol. The molecule has 2 aromatic rings. The molecule has 0 saturated heterocycles. The zero-order valence-corrected chi connectivity index (χ0v) is 12.0. The molecule has 1 aromatic heterocycles. The Bertz CT molecular complexity index is 551. The number of aromatic hydroxyl groups is 2. The van der Waals surface area contributed by atoms with Crippen molar-refractivity contribution < 1.29 is 10.2 Å². The molecule has 0 fully saturated rings. The van der Waals surface area contributed by atoms with Gasteiger partial charge in [0.05, 0.1) is 0 Å². The highest BCUT2D eigenvalue weighted by Gasteiger charge is 2.07. The van der Waals surface area contributed by atoms with E-state index in [1.165, 1.54) is 15.8 Å². The zero-order valence-electron chi connectivity index (χ0n) is 11.2. The van der Waals surface area contributed by atoms with E-state index in [9.17, 15) is 10.2 Å².